The zero-order valence-corrected chi connectivity index (χ0v) is 13.4. The molecule has 1 aliphatic rings. The second kappa shape index (κ2) is 8.08. The van der Waals surface area contributed by atoms with Gasteiger partial charge in [-0.3, -0.25) is 4.90 Å². The van der Waals surface area contributed by atoms with Crippen LogP contribution in [0.5, 0.6) is 0 Å². The summed E-state index contributed by atoms with van der Waals surface area (Å²) in [5.41, 5.74) is 6.67. The number of hydrogen-bond acceptors (Lipinski definition) is 5. The van der Waals surface area contributed by atoms with Crippen molar-refractivity contribution in [3.63, 3.8) is 0 Å². The molecule has 1 aliphatic heterocycles. The predicted octanol–water partition coefficient (Wildman–Crippen LogP) is 1.65. The van der Waals surface area contributed by atoms with Gasteiger partial charge in [0.05, 0.1) is 0 Å². The predicted molar refractivity (Wildman–Crippen MR) is 92.4 cm³/mol. The molecule has 0 radical (unpaired) electrons. The monoisotopic (exact) mass is 319 g/mol. The minimum Gasteiger partial charge on any atom is -0.354 e. The third-order valence-electron chi connectivity index (χ3n) is 3.81. The molecule has 5 nitrogen and oxygen atoms in total. The molecule has 118 valence electrons. The van der Waals surface area contributed by atoms with Crippen molar-refractivity contribution in [2.24, 2.45) is 5.73 Å². The van der Waals surface area contributed by atoms with Crippen LogP contribution in [0.15, 0.2) is 42.6 Å². The fourth-order valence-electron chi connectivity index (χ4n) is 2.63. The number of aromatic nitrogens is 2. The van der Waals surface area contributed by atoms with Crippen LogP contribution in [0.25, 0.3) is 11.4 Å². The van der Waals surface area contributed by atoms with Crippen LogP contribution in [0.1, 0.15) is 0 Å². The van der Waals surface area contributed by atoms with E-state index in [2.05, 4.69) is 14.8 Å². The highest BCUT2D eigenvalue weighted by Gasteiger charge is 2.17. The minimum atomic E-state index is 0. The van der Waals surface area contributed by atoms with Crippen molar-refractivity contribution < 1.29 is 0 Å². The summed E-state index contributed by atoms with van der Waals surface area (Å²) in [7, 11) is 0. The van der Waals surface area contributed by atoms with Crippen LogP contribution in [0.2, 0.25) is 0 Å². The van der Waals surface area contributed by atoms with Crippen LogP contribution >= 0.6 is 12.4 Å². The van der Waals surface area contributed by atoms with E-state index in [-0.39, 0.29) is 12.4 Å². The molecule has 0 bridgehead atoms. The zero-order valence-electron chi connectivity index (χ0n) is 12.6. The summed E-state index contributed by atoms with van der Waals surface area (Å²) in [6.07, 6.45) is 1.84. The first-order valence-electron chi connectivity index (χ1n) is 7.42. The molecule has 2 N–H and O–H groups in total. The maximum atomic E-state index is 5.61. The van der Waals surface area contributed by atoms with Gasteiger partial charge in [0.15, 0.2) is 5.82 Å². The van der Waals surface area contributed by atoms with Crippen LogP contribution in [0.4, 0.5) is 5.82 Å². The van der Waals surface area contributed by atoms with E-state index in [1.54, 1.807) is 0 Å². The summed E-state index contributed by atoms with van der Waals surface area (Å²) in [6, 6.07) is 12.1. The van der Waals surface area contributed by atoms with E-state index in [1.165, 1.54) is 0 Å². The number of anilines is 1. The molecule has 0 unspecified atom stereocenters. The lowest BCUT2D eigenvalue weighted by Crippen LogP contribution is -2.48. The van der Waals surface area contributed by atoms with Crippen molar-refractivity contribution in [2.75, 3.05) is 44.2 Å². The second-order valence-corrected chi connectivity index (χ2v) is 5.22. The highest BCUT2D eigenvalue weighted by molar-refractivity contribution is 5.85. The molecule has 0 spiro atoms. The van der Waals surface area contributed by atoms with E-state index in [0.29, 0.717) is 0 Å². The van der Waals surface area contributed by atoms with E-state index in [1.807, 2.05) is 42.6 Å². The molecular formula is C16H22ClN5. The Labute approximate surface area is 137 Å². The number of piperazine rings is 1. The summed E-state index contributed by atoms with van der Waals surface area (Å²) in [6.45, 7) is 5.78. The number of hydrogen-bond donors (Lipinski definition) is 1. The smallest absolute Gasteiger partial charge is 0.161 e. The highest BCUT2D eigenvalue weighted by atomic mass is 35.5. The lowest BCUT2D eigenvalue weighted by Gasteiger charge is -2.35. The fraction of sp³-hybridized carbons (Fsp3) is 0.375. The summed E-state index contributed by atoms with van der Waals surface area (Å²) in [5, 5.41) is 0. The first kappa shape index (κ1) is 16.7. The van der Waals surface area contributed by atoms with E-state index < -0.39 is 0 Å². The van der Waals surface area contributed by atoms with Gasteiger partial charge >= 0.3 is 0 Å². The number of benzene rings is 1. The normalized spacial score (nSPS) is 15.4. The summed E-state index contributed by atoms with van der Waals surface area (Å²) < 4.78 is 0. The van der Waals surface area contributed by atoms with Crippen molar-refractivity contribution in [1.82, 2.24) is 14.9 Å². The van der Waals surface area contributed by atoms with Crippen LogP contribution in [-0.4, -0.2) is 54.1 Å². The Morgan fingerprint density at radius 3 is 2.41 bits per heavy atom. The molecule has 3 rings (SSSR count). The quantitative estimate of drug-likeness (QED) is 0.928. The highest BCUT2D eigenvalue weighted by Crippen LogP contribution is 2.18. The van der Waals surface area contributed by atoms with Crippen molar-refractivity contribution >= 4 is 18.2 Å². The van der Waals surface area contributed by atoms with Crippen molar-refractivity contribution in [3.8, 4) is 11.4 Å². The average Bonchev–Trinajstić information content (AvgIpc) is 2.57. The van der Waals surface area contributed by atoms with Crippen molar-refractivity contribution in [1.29, 1.82) is 0 Å². The Kier molecular flexibility index (Phi) is 6.12. The molecule has 0 amide bonds. The first-order valence-corrected chi connectivity index (χ1v) is 7.42. The maximum Gasteiger partial charge on any atom is 0.161 e. The van der Waals surface area contributed by atoms with Gasteiger partial charge in [-0.1, -0.05) is 30.3 Å². The second-order valence-electron chi connectivity index (χ2n) is 5.22. The van der Waals surface area contributed by atoms with Gasteiger partial charge in [0.1, 0.15) is 5.82 Å². The maximum absolute atomic E-state index is 5.61. The Bertz CT molecular complexity index is 570. The van der Waals surface area contributed by atoms with Crippen LogP contribution in [0.3, 0.4) is 0 Å². The van der Waals surface area contributed by atoms with Gasteiger partial charge in [-0.2, -0.15) is 0 Å². The number of nitrogens with two attached hydrogens (primary N) is 1. The molecule has 0 saturated carbocycles. The van der Waals surface area contributed by atoms with Gasteiger partial charge in [0, 0.05) is 51.0 Å². The SMILES string of the molecule is Cl.NCCN1CCN(c2ccnc(-c3ccccc3)n2)CC1. The van der Waals surface area contributed by atoms with Crippen molar-refractivity contribution in [3.05, 3.63) is 42.6 Å². The average molecular weight is 320 g/mol. The third-order valence-corrected chi connectivity index (χ3v) is 3.81. The minimum absolute atomic E-state index is 0. The molecule has 1 aromatic carbocycles. The first-order chi connectivity index (χ1) is 10.4. The summed E-state index contributed by atoms with van der Waals surface area (Å²) >= 11 is 0. The van der Waals surface area contributed by atoms with Crippen LogP contribution in [-0.2, 0) is 0 Å². The molecule has 0 atom stereocenters. The topological polar surface area (TPSA) is 58.3 Å². The fourth-order valence-corrected chi connectivity index (χ4v) is 2.63. The Hall–Kier alpha value is -1.69. The molecule has 1 aromatic heterocycles. The van der Waals surface area contributed by atoms with Crippen LogP contribution < -0.4 is 10.6 Å². The Morgan fingerprint density at radius 2 is 1.73 bits per heavy atom. The van der Waals surface area contributed by atoms with E-state index in [4.69, 9.17) is 10.7 Å². The molecule has 0 aliphatic carbocycles. The number of halogens is 1. The lowest BCUT2D eigenvalue weighted by atomic mass is 10.2. The lowest BCUT2D eigenvalue weighted by molar-refractivity contribution is 0.264. The van der Waals surface area contributed by atoms with Gasteiger partial charge in [0.25, 0.3) is 0 Å². The molecule has 2 aromatic rings. The summed E-state index contributed by atoms with van der Waals surface area (Å²) in [4.78, 5) is 13.8. The molecule has 6 heteroatoms. The standard InChI is InChI=1S/C16H21N5.ClH/c17-7-9-20-10-12-21(13-11-20)15-6-8-18-16(19-15)14-4-2-1-3-5-14;/h1-6,8H,7,9-13,17H2;1H. The largest absolute Gasteiger partial charge is 0.354 e. The van der Waals surface area contributed by atoms with Crippen molar-refractivity contribution in [2.45, 2.75) is 0 Å². The molecule has 1 fully saturated rings. The molecule has 1 saturated heterocycles. The Morgan fingerprint density at radius 1 is 1.00 bits per heavy atom. The van der Waals surface area contributed by atoms with Gasteiger partial charge in [-0.25, -0.2) is 9.97 Å². The zero-order chi connectivity index (χ0) is 14.5. The van der Waals surface area contributed by atoms with Gasteiger partial charge in [-0.15, -0.1) is 12.4 Å². The molecule has 22 heavy (non-hydrogen) atoms. The Balaban J connectivity index is 0.00000176. The van der Waals surface area contributed by atoms with E-state index in [0.717, 1.165) is 56.5 Å². The van der Waals surface area contributed by atoms with E-state index >= 15 is 0 Å². The van der Waals surface area contributed by atoms with E-state index in [9.17, 15) is 0 Å². The number of rotatable bonds is 4. The summed E-state index contributed by atoms with van der Waals surface area (Å²) in [5.74, 6) is 1.80. The molecule has 2 heterocycles. The molecular weight excluding hydrogens is 298 g/mol. The van der Waals surface area contributed by atoms with Crippen LogP contribution in [0, 0.1) is 0 Å². The third kappa shape index (κ3) is 3.94. The van der Waals surface area contributed by atoms with Gasteiger partial charge in [-0.05, 0) is 6.07 Å². The van der Waals surface area contributed by atoms with Gasteiger partial charge < -0.3 is 10.6 Å². The van der Waals surface area contributed by atoms with Gasteiger partial charge in [0.2, 0.25) is 0 Å². The number of nitrogens with zero attached hydrogens (tertiary/aromatic N) is 4.